The van der Waals surface area contributed by atoms with Crippen LogP contribution in [0.25, 0.3) is 0 Å². The van der Waals surface area contributed by atoms with Crippen LogP contribution in [0, 0.1) is 6.92 Å². The molecule has 1 aromatic carbocycles. The highest BCUT2D eigenvalue weighted by Crippen LogP contribution is 2.26. The van der Waals surface area contributed by atoms with Gasteiger partial charge in [0.25, 0.3) is 0 Å². The van der Waals surface area contributed by atoms with E-state index in [0.29, 0.717) is 23.9 Å². The molecular formula is C12H13ClN2OS. The summed E-state index contributed by atoms with van der Waals surface area (Å²) in [6, 6.07) is 5.71. The van der Waals surface area contributed by atoms with Crippen LogP contribution in [0.1, 0.15) is 16.3 Å². The Morgan fingerprint density at radius 2 is 2.29 bits per heavy atom. The lowest BCUT2D eigenvalue weighted by atomic mass is 10.2. The largest absolute Gasteiger partial charge is 0.486 e. The molecule has 5 heteroatoms. The molecule has 0 atom stereocenters. The zero-order valence-electron chi connectivity index (χ0n) is 9.44. The molecule has 90 valence electrons. The summed E-state index contributed by atoms with van der Waals surface area (Å²) in [6.07, 6.45) is 0. The zero-order valence-corrected chi connectivity index (χ0v) is 11.0. The molecule has 0 saturated carbocycles. The smallest absolute Gasteiger partial charge is 0.138 e. The van der Waals surface area contributed by atoms with Gasteiger partial charge in [-0.05, 0) is 24.6 Å². The van der Waals surface area contributed by atoms with Crippen molar-refractivity contribution in [2.75, 3.05) is 0 Å². The quantitative estimate of drug-likeness (QED) is 0.927. The second-order valence-corrected chi connectivity index (χ2v) is 5.01. The van der Waals surface area contributed by atoms with E-state index in [4.69, 9.17) is 22.1 Å². The Bertz CT molecular complexity index is 513. The number of aromatic nitrogens is 1. The van der Waals surface area contributed by atoms with Gasteiger partial charge in [-0.1, -0.05) is 17.7 Å². The van der Waals surface area contributed by atoms with Crippen LogP contribution in [0.4, 0.5) is 0 Å². The van der Waals surface area contributed by atoms with Crippen molar-refractivity contribution in [1.29, 1.82) is 0 Å². The number of ether oxygens (including phenoxy) is 1. The average Bonchev–Trinajstić information content (AvgIpc) is 2.76. The number of nitrogens with two attached hydrogens (primary N) is 1. The van der Waals surface area contributed by atoms with Crippen LogP contribution < -0.4 is 10.5 Å². The molecule has 2 N–H and O–H groups in total. The lowest BCUT2D eigenvalue weighted by Crippen LogP contribution is -1.99. The van der Waals surface area contributed by atoms with E-state index in [0.717, 1.165) is 16.3 Å². The molecular weight excluding hydrogens is 256 g/mol. The fraction of sp³-hybridized carbons (Fsp3) is 0.250. The maximum atomic E-state index is 6.07. The molecule has 17 heavy (non-hydrogen) atoms. The Kier molecular flexibility index (Phi) is 3.99. The van der Waals surface area contributed by atoms with E-state index in [-0.39, 0.29) is 0 Å². The van der Waals surface area contributed by atoms with Crippen LogP contribution in [-0.4, -0.2) is 4.98 Å². The highest BCUT2D eigenvalue weighted by molar-refractivity contribution is 7.09. The second-order valence-electron chi connectivity index (χ2n) is 3.66. The molecule has 0 aliphatic carbocycles. The monoisotopic (exact) mass is 268 g/mol. The van der Waals surface area contributed by atoms with Crippen LogP contribution in [0.3, 0.4) is 0 Å². The first-order valence-electron chi connectivity index (χ1n) is 5.21. The summed E-state index contributed by atoms with van der Waals surface area (Å²) in [6.45, 7) is 2.87. The number of hydrogen-bond donors (Lipinski definition) is 1. The minimum absolute atomic E-state index is 0.416. The summed E-state index contributed by atoms with van der Waals surface area (Å²) in [5.41, 5.74) is 7.49. The van der Waals surface area contributed by atoms with Crippen molar-refractivity contribution in [3.05, 3.63) is 44.9 Å². The standard InChI is InChI=1S/C12H13ClN2OS/c1-8-2-3-11(10(13)4-8)16-6-9-7-17-12(5-14)15-9/h2-4,7H,5-6,14H2,1H3. The fourth-order valence-corrected chi connectivity index (χ4v) is 2.33. The first-order valence-corrected chi connectivity index (χ1v) is 6.47. The normalized spacial score (nSPS) is 10.5. The molecule has 0 spiro atoms. The molecule has 2 rings (SSSR count). The summed E-state index contributed by atoms with van der Waals surface area (Å²) < 4.78 is 5.61. The first kappa shape index (κ1) is 12.4. The summed E-state index contributed by atoms with van der Waals surface area (Å²) in [4.78, 5) is 4.32. The van der Waals surface area contributed by atoms with Crippen molar-refractivity contribution in [2.24, 2.45) is 5.73 Å². The van der Waals surface area contributed by atoms with Crippen LogP contribution in [0.2, 0.25) is 5.02 Å². The van der Waals surface area contributed by atoms with E-state index in [9.17, 15) is 0 Å². The maximum absolute atomic E-state index is 6.07. The van der Waals surface area contributed by atoms with Gasteiger partial charge in [0.05, 0.1) is 10.7 Å². The number of thiazole rings is 1. The minimum atomic E-state index is 0.416. The predicted octanol–water partition coefficient (Wildman–Crippen LogP) is 3.14. The maximum Gasteiger partial charge on any atom is 0.138 e. The van der Waals surface area contributed by atoms with Gasteiger partial charge in [0.1, 0.15) is 17.4 Å². The highest BCUT2D eigenvalue weighted by atomic mass is 35.5. The molecule has 1 heterocycles. The molecule has 0 aliphatic rings. The van der Waals surface area contributed by atoms with Crippen LogP contribution in [-0.2, 0) is 13.2 Å². The first-order chi connectivity index (χ1) is 8.19. The van der Waals surface area contributed by atoms with Gasteiger partial charge >= 0.3 is 0 Å². The van der Waals surface area contributed by atoms with Gasteiger partial charge in [-0.15, -0.1) is 11.3 Å². The average molecular weight is 269 g/mol. The summed E-state index contributed by atoms with van der Waals surface area (Å²) in [7, 11) is 0. The van der Waals surface area contributed by atoms with Gasteiger partial charge in [-0.2, -0.15) is 0 Å². The third-order valence-electron chi connectivity index (χ3n) is 2.24. The molecule has 0 amide bonds. The lowest BCUT2D eigenvalue weighted by Gasteiger charge is -2.06. The minimum Gasteiger partial charge on any atom is -0.486 e. The van der Waals surface area contributed by atoms with Crippen molar-refractivity contribution in [3.63, 3.8) is 0 Å². The molecule has 0 radical (unpaired) electrons. The Morgan fingerprint density at radius 1 is 1.47 bits per heavy atom. The van der Waals surface area contributed by atoms with Crippen molar-refractivity contribution in [3.8, 4) is 5.75 Å². The topological polar surface area (TPSA) is 48.1 Å². The lowest BCUT2D eigenvalue weighted by molar-refractivity contribution is 0.302. The Hall–Kier alpha value is -1.10. The van der Waals surface area contributed by atoms with E-state index >= 15 is 0 Å². The number of rotatable bonds is 4. The molecule has 0 saturated heterocycles. The summed E-state index contributed by atoms with van der Waals surface area (Å²) in [5.74, 6) is 0.680. The fourth-order valence-electron chi connectivity index (χ4n) is 1.38. The van der Waals surface area contributed by atoms with Crippen molar-refractivity contribution >= 4 is 22.9 Å². The van der Waals surface area contributed by atoms with Crippen LogP contribution in [0.5, 0.6) is 5.75 Å². The van der Waals surface area contributed by atoms with E-state index in [1.807, 2.05) is 30.5 Å². The van der Waals surface area contributed by atoms with Gasteiger partial charge in [-0.25, -0.2) is 4.98 Å². The molecule has 0 fully saturated rings. The summed E-state index contributed by atoms with van der Waals surface area (Å²) >= 11 is 7.61. The third-order valence-corrected chi connectivity index (χ3v) is 3.45. The zero-order chi connectivity index (χ0) is 12.3. The number of hydrogen-bond acceptors (Lipinski definition) is 4. The number of aryl methyl sites for hydroxylation is 1. The van der Waals surface area contributed by atoms with Gasteiger partial charge in [0, 0.05) is 11.9 Å². The third kappa shape index (κ3) is 3.19. The van der Waals surface area contributed by atoms with E-state index in [1.54, 1.807) is 11.3 Å². The Morgan fingerprint density at radius 3 is 2.94 bits per heavy atom. The molecule has 0 aliphatic heterocycles. The molecule has 2 aromatic rings. The van der Waals surface area contributed by atoms with Gasteiger partial charge in [-0.3, -0.25) is 0 Å². The number of benzene rings is 1. The molecule has 0 bridgehead atoms. The van der Waals surface area contributed by atoms with Crippen molar-refractivity contribution in [1.82, 2.24) is 4.98 Å². The van der Waals surface area contributed by atoms with Crippen molar-refractivity contribution in [2.45, 2.75) is 20.1 Å². The van der Waals surface area contributed by atoms with E-state index in [1.165, 1.54) is 0 Å². The van der Waals surface area contributed by atoms with E-state index in [2.05, 4.69) is 4.98 Å². The van der Waals surface area contributed by atoms with Gasteiger partial charge in [0.15, 0.2) is 0 Å². The highest BCUT2D eigenvalue weighted by Gasteiger charge is 2.04. The molecule has 1 aromatic heterocycles. The second kappa shape index (κ2) is 5.49. The van der Waals surface area contributed by atoms with Crippen LogP contribution >= 0.6 is 22.9 Å². The SMILES string of the molecule is Cc1ccc(OCc2csc(CN)n2)c(Cl)c1. The number of halogens is 1. The van der Waals surface area contributed by atoms with Crippen LogP contribution in [0.15, 0.2) is 23.6 Å². The number of nitrogens with zero attached hydrogens (tertiary/aromatic N) is 1. The Labute approximate surface area is 109 Å². The molecule has 0 unspecified atom stereocenters. The predicted molar refractivity (Wildman–Crippen MR) is 70.5 cm³/mol. The Balaban J connectivity index is 2.02. The van der Waals surface area contributed by atoms with Crippen molar-refractivity contribution < 1.29 is 4.74 Å². The summed E-state index contributed by atoms with van der Waals surface area (Å²) in [5, 5.41) is 3.49. The van der Waals surface area contributed by atoms with Gasteiger partial charge < -0.3 is 10.5 Å². The van der Waals surface area contributed by atoms with E-state index < -0.39 is 0 Å². The molecule has 3 nitrogen and oxygen atoms in total. The van der Waals surface area contributed by atoms with Gasteiger partial charge in [0.2, 0.25) is 0 Å².